The van der Waals surface area contributed by atoms with E-state index in [0.717, 1.165) is 52.4 Å². The lowest BCUT2D eigenvalue weighted by molar-refractivity contribution is -0.0494. The van der Waals surface area contributed by atoms with Crippen molar-refractivity contribution in [2.45, 2.75) is 18.9 Å². The highest BCUT2D eigenvalue weighted by Crippen LogP contribution is 2.24. The SMILES string of the molecule is CC1(O)CCNCC1CN1CCOCC1. The van der Waals surface area contributed by atoms with Crippen molar-refractivity contribution >= 4 is 0 Å². The second kappa shape index (κ2) is 4.78. The van der Waals surface area contributed by atoms with Crippen LogP contribution in [0, 0.1) is 5.92 Å². The molecule has 0 aliphatic carbocycles. The molecule has 2 N–H and O–H groups in total. The molecule has 2 unspecified atom stereocenters. The standard InChI is InChI=1S/C11H22N2O2/c1-11(14)2-3-12-8-10(11)9-13-4-6-15-7-5-13/h10,12,14H,2-9H2,1H3. The van der Waals surface area contributed by atoms with Gasteiger partial charge in [0.2, 0.25) is 0 Å². The van der Waals surface area contributed by atoms with Crippen LogP contribution >= 0.6 is 0 Å². The molecule has 15 heavy (non-hydrogen) atoms. The maximum atomic E-state index is 10.3. The van der Waals surface area contributed by atoms with E-state index >= 15 is 0 Å². The summed E-state index contributed by atoms with van der Waals surface area (Å²) in [5.41, 5.74) is -0.496. The number of rotatable bonds is 2. The smallest absolute Gasteiger partial charge is 0.0684 e. The number of nitrogens with one attached hydrogen (secondary N) is 1. The van der Waals surface area contributed by atoms with Crippen molar-refractivity contribution in [3.8, 4) is 0 Å². The monoisotopic (exact) mass is 214 g/mol. The number of aliphatic hydroxyl groups is 1. The van der Waals surface area contributed by atoms with Gasteiger partial charge in [-0.15, -0.1) is 0 Å². The third kappa shape index (κ3) is 2.91. The van der Waals surface area contributed by atoms with E-state index in [4.69, 9.17) is 4.74 Å². The van der Waals surface area contributed by atoms with Gasteiger partial charge < -0.3 is 15.2 Å². The molecule has 0 aromatic carbocycles. The molecule has 2 aliphatic heterocycles. The van der Waals surface area contributed by atoms with Crippen LogP contribution in [0.4, 0.5) is 0 Å². The molecule has 2 aliphatic rings. The number of morpholine rings is 1. The number of piperidine rings is 1. The molecule has 0 saturated carbocycles. The van der Waals surface area contributed by atoms with Crippen molar-refractivity contribution < 1.29 is 9.84 Å². The Hall–Kier alpha value is -0.160. The van der Waals surface area contributed by atoms with E-state index < -0.39 is 5.60 Å². The Morgan fingerprint density at radius 2 is 2.20 bits per heavy atom. The number of ether oxygens (including phenoxy) is 1. The molecule has 2 fully saturated rings. The van der Waals surface area contributed by atoms with Gasteiger partial charge in [-0.25, -0.2) is 0 Å². The minimum atomic E-state index is -0.496. The summed E-state index contributed by atoms with van der Waals surface area (Å²) in [5, 5.41) is 13.6. The summed E-state index contributed by atoms with van der Waals surface area (Å²) in [4.78, 5) is 2.40. The van der Waals surface area contributed by atoms with E-state index in [-0.39, 0.29) is 0 Å². The molecule has 0 aromatic rings. The number of nitrogens with zero attached hydrogens (tertiary/aromatic N) is 1. The van der Waals surface area contributed by atoms with Crippen LogP contribution in [-0.4, -0.2) is 61.5 Å². The van der Waals surface area contributed by atoms with E-state index in [2.05, 4.69) is 10.2 Å². The van der Waals surface area contributed by atoms with Gasteiger partial charge in [0.05, 0.1) is 18.8 Å². The van der Waals surface area contributed by atoms with Crippen molar-refractivity contribution in [1.82, 2.24) is 10.2 Å². The van der Waals surface area contributed by atoms with Crippen molar-refractivity contribution in [3.05, 3.63) is 0 Å². The Balaban J connectivity index is 1.85. The predicted octanol–water partition coefficient (Wildman–Crippen LogP) is -0.321. The predicted molar refractivity (Wildman–Crippen MR) is 58.9 cm³/mol. The Morgan fingerprint density at radius 3 is 2.87 bits per heavy atom. The Labute approximate surface area is 91.6 Å². The topological polar surface area (TPSA) is 44.7 Å². The summed E-state index contributed by atoms with van der Waals surface area (Å²) < 4.78 is 5.32. The Morgan fingerprint density at radius 1 is 1.47 bits per heavy atom. The van der Waals surface area contributed by atoms with Gasteiger partial charge in [-0.05, 0) is 19.9 Å². The first-order valence-corrected chi connectivity index (χ1v) is 5.92. The fourth-order valence-electron chi connectivity index (χ4n) is 2.40. The minimum absolute atomic E-state index is 0.351. The third-order valence-electron chi connectivity index (χ3n) is 3.66. The molecule has 4 nitrogen and oxygen atoms in total. The average Bonchev–Trinajstić information content (AvgIpc) is 2.23. The molecule has 0 bridgehead atoms. The molecule has 2 saturated heterocycles. The van der Waals surface area contributed by atoms with Gasteiger partial charge in [-0.3, -0.25) is 4.90 Å². The molecule has 88 valence electrons. The number of hydrogen-bond acceptors (Lipinski definition) is 4. The zero-order valence-corrected chi connectivity index (χ0v) is 9.54. The zero-order valence-electron chi connectivity index (χ0n) is 9.54. The quantitative estimate of drug-likeness (QED) is 0.661. The van der Waals surface area contributed by atoms with E-state index in [1.54, 1.807) is 0 Å². The van der Waals surface area contributed by atoms with Crippen molar-refractivity contribution in [2.24, 2.45) is 5.92 Å². The largest absolute Gasteiger partial charge is 0.390 e. The van der Waals surface area contributed by atoms with Gasteiger partial charge in [0, 0.05) is 32.1 Å². The highest BCUT2D eigenvalue weighted by Gasteiger charge is 2.35. The normalized spacial score (nSPS) is 39.2. The molecule has 0 spiro atoms. The van der Waals surface area contributed by atoms with E-state index in [0.29, 0.717) is 5.92 Å². The molecule has 0 aromatic heterocycles. The van der Waals surface area contributed by atoms with Gasteiger partial charge in [0.25, 0.3) is 0 Å². The van der Waals surface area contributed by atoms with Crippen molar-refractivity contribution in [1.29, 1.82) is 0 Å². The highest BCUT2D eigenvalue weighted by molar-refractivity contribution is 4.90. The lowest BCUT2D eigenvalue weighted by Crippen LogP contribution is -2.53. The molecular weight excluding hydrogens is 192 g/mol. The van der Waals surface area contributed by atoms with E-state index in [9.17, 15) is 5.11 Å². The van der Waals surface area contributed by atoms with Crippen LogP contribution in [0.3, 0.4) is 0 Å². The van der Waals surface area contributed by atoms with Gasteiger partial charge in [-0.2, -0.15) is 0 Å². The average molecular weight is 214 g/mol. The lowest BCUT2D eigenvalue weighted by atomic mass is 9.83. The Kier molecular flexibility index (Phi) is 3.61. The van der Waals surface area contributed by atoms with Gasteiger partial charge in [0.1, 0.15) is 0 Å². The molecule has 2 heterocycles. The molecule has 2 rings (SSSR count). The molecule has 0 amide bonds. The van der Waals surface area contributed by atoms with Crippen molar-refractivity contribution in [3.63, 3.8) is 0 Å². The Bertz CT molecular complexity index is 203. The van der Waals surface area contributed by atoms with Crippen LogP contribution in [0.25, 0.3) is 0 Å². The summed E-state index contributed by atoms with van der Waals surface area (Å²) in [6, 6.07) is 0. The lowest BCUT2D eigenvalue weighted by Gasteiger charge is -2.41. The maximum absolute atomic E-state index is 10.3. The highest BCUT2D eigenvalue weighted by atomic mass is 16.5. The summed E-state index contributed by atoms with van der Waals surface area (Å²) in [6.45, 7) is 8.52. The van der Waals surface area contributed by atoms with Gasteiger partial charge in [-0.1, -0.05) is 0 Å². The van der Waals surface area contributed by atoms with Gasteiger partial charge >= 0.3 is 0 Å². The van der Waals surface area contributed by atoms with Gasteiger partial charge in [0.15, 0.2) is 0 Å². The van der Waals surface area contributed by atoms with E-state index in [1.165, 1.54) is 0 Å². The van der Waals surface area contributed by atoms with Crippen molar-refractivity contribution in [2.75, 3.05) is 45.9 Å². The van der Waals surface area contributed by atoms with Crippen LogP contribution in [0.1, 0.15) is 13.3 Å². The minimum Gasteiger partial charge on any atom is -0.390 e. The first-order valence-electron chi connectivity index (χ1n) is 5.92. The fraction of sp³-hybridized carbons (Fsp3) is 1.00. The van der Waals surface area contributed by atoms with E-state index in [1.807, 2.05) is 6.92 Å². The number of hydrogen-bond donors (Lipinski definition) is 2. The first-order chi connectivity index (χ1) is 7.18. The molecule has 2 atom stereocenters. The van der Waals surface area contributed by atoms with Crippen LogP contribution in [-0.2, 0) is 4.74 Å². The second-order valence-corrected chi connectivity index (χ2v) is 4.92. The summed E-state index contributed by atoms with van der Waals surface area (Å²) in [7, 11) is 0. The van der Waals surface area contributed by atoms with Crippen LogP contribution in [0.15, 0.2) is 0 Å². The van der Waals surface area contributed by atoms with Crippen LogP contribution < -0.4 is 5.32 Å². The fourth-order valence-corrected chi connectivity index (χ4v) is 2.40. The summed E-state index contributed by atoms with van der Waals surface area (Å²) in [5.74, 6) is 0.351. The molecule has 4 heteroatoms. The molecule has 0 radical (unpaired) electrons. The summed E-state index contributed by atoms with van der Waals surface area (Å²) >= 11 is 0. The van der Waals surface area contributed by atoms with Crippen LogP contribution in [0.2, 0.25) is 0 Å². The second-order valence-electron chi connectivity index (χ2n) is 4.92. The third-order valence-corrected chi connectivity index (χ3v) is 3.66. The van der Waals surface area contributed by atoms with Crippen LogP contribution in [0.5, 0.6) is 0 Å². The molecular formula is C11H22N2O2. The summed E-state index contributed by atoms with van der Waals surface area (Å²) in [6.07, 6.45) is 0.863. The maximum Gasteiger partial charge on any atom is 0.0684 e. The zero-order chi connectivity index (χ0) is 10.7. The first kappa shape index (κ1) is 11.3.